The van der Waals surface area contributed by atoms with Gasteiger partial charge in [-0.15, -0.1) is 0 Å². The summed E-state index contributed by atoms with van der Waals surface area (Å²) in [6.45, 7) is 8.87. The fourth-order valence-electron chi connectivity index (χ4n) is 2.67. The lowest BCUT2D eigenvalue weighted by Crippen LogP contribution is -2.27. The molecule has 106 valence electrons. The molecule has 1 saturated heterocycles. The van der Waals surface area contributed by atoms with Crippen LogP contribution in [-0.4, -0.2) is 24.6 Å². The summed E-state index contributed by atoms with van der Waals surface area (Å²) in [5.74, 6) is 0.693. The van der Waals surface area contributed by atoms with Gasteiger partial charge in [0.25, 0.3) is 0 Å². The fourth-order valence-corrected chi connectivity index (χ4v) is 2.67. The maximum Gasteiger partial charge on any atom is 0.0442 e. The van der Waals surface area contributed by atoms with E-state index in [-0.39, 0.29) is 0 Å². The molecule has 0 radical (unpaired) electrons. The highest BCUT2D eigenvalue weighted by molar-refractivity contribution is 5.52. The summed E-state index contributed by atoms with van der Waals surface area (Å²) < 4.78 is 0. The van der Waals surface area contributed by atoms with Crippen LogP contribution < -0.4 is 10.2 Å². The topological polar surface area (TPSA) is 28.2 Å². The predicted octanol–water partition coefficient (Wildman–Crippen LogP) is 3.21. The minimum absolute atomic E-state index is 0.693. The smallest absolute Gasteiger partial charge is 0.0442 e. The summed E-state index contributed by atoms with van der Waals surface area (Å²) in [6, 6.07) is 2.18. The fraction of sp³-hybridized carbons (Fsp3) is 0.688. The molecule has 19 heavy (non-hydrogen) atoms. The van der Waals surface area contributed by atoms with E-state index < -0.39 is 0 Å². The number of pyridine rings is 1. The van der Waals surface area contributed by atoms with E-state index in [0.29, 0.717) is 5.92 Å². The first-order valence-corrected chi connectivity index (χ1v) is 7.66. The highest BCUT2D eigenvalue weighted by Crippen LogP contribution is 2.22. The van der Waals surface area contributed by atoms with E-state index in [1.54, 1.807) is 0 Å². The molecule has 0 aromatic carbocycles. The molecule has 0 amide bonds. The minimum atomic E-state index is 0.693. The average Bonchev–Trinajstić information content (AvgIpc) is 2.68. The maximum atomic E-state index is 4.29. The van der Waals surface area contributed by atoms with Crippen LogP contribution >= 0.6 is 0 Å². The van der Waals surface area contributed by atoms with Crippen molar-refractivity contribution in [3.05, 3.63) is 24.0 Å². The number of hydrogen-bond acceptors (Lipinski definition) is 3. The summed E-state index contributed by atoms with van der Waals surface area (Å²) in [4.78, 5) is 6.84. The molecule has 1 N–H and O–H groups in total. The van der Waals surface area contributed by atoms with Crippen molar-refractivity contribution in [1.82, 2.24) is 10.3 Å². The molecule has 2 heterocycles. The molecule has 0 spiro atoms. The number of rotatable bonds is 5. The van der Waals surface area contributed by atoms with Gasteiger partial charge >= 0.3 is 0 Å². The van der Waals surface area contributed by atoms with Crippen LogP contribution in [0.2, 0.25) is 0 Å². The Bertz CT molecular complexity index is 368. The molecule has 0 aliphatic carbocycles. The van der Waals surface area contributed by atoms with Gasteiger partial charge in [-0.1, -0.05) is 26.7 Å². The number of nitrogens with one attached hydrogen (secondary N) is 1. The first-order chi connectivity index (χ1) is 9.27. The van der Waals surface area contributed by atoms with Crippen LogP contribution in [0.1, 0.15) is 45.1 Å². The second-order valence-corrected chi connectivity index (χ2v) is 5.93. The molecular weight excluding hydrogens is 234 g/mol. The zero-order valence-electron chi connectivity index (χ0n) is 12.4. The Balaban J connectivity index is 2.02. The minimum Gasteiger partial charge on any atom is -0.371 e. The quantitative estimate of drug-likeness (QED) is 0.882. The molecule has 1 aromatic rings. The molecule has 0 unspecified atom stereocenters. The number of aromatic nitrogens is 1. The summed E-state index contributed by atoms with van der Waals surface area (Å²) >= 11 is 0. The molecule has 3 nitrogen and oxygen atoms in total. The van der Waals surface area contributed by atoms with Crippen LogP contribution in [0.3, 0.4) is 0 Å². The lowest BCUT2D eigenvalue weighted by molar-refractivity contribution is 0.551. The second kappa shape index (κ2) is 7.49. The Hall–Kier alpha value is -1.09. The largest absolute Gasteiger partial charge is 0.371 e. The van der Waals surface area contributed by atoms with Gasteiger partial charge in [0.1, 0.15) is 0 Å². The third-order valence-electron chi connectivity index (χ3n) is 3.69. The zero-order chi connectivity index (χ0) is 13.5. The van der Waals surface area contributed by atoms with Crippen molar-refractivity contribution in [2.75, 3.05) is 24.5 Å². The Labute approximate surface area is 117 Å². The summed E-state index contributed by atoms with van der Waals surface area (Å²) in [6.07, 6.45) is 9.34. The van der Waals surface area contributed by atoms with Gasteiger partial charge in [-0.3, -0.25) is 4.98 Å². The molecule has 1 aliphatic rings. The lowest BCUT2D eigenvalue weighted by atomic mass is 10.2. The first-order valence-electron chi connectivity index (χ1n) is 7.66. The normalized spacial score (nSPS) is 16.7. The van der Waals surface area contributed by atoms with Crippen molar-refractivity contribution in [2.45, 2.75) is 46.1 Å². The van der Waals surface area contributed by atoms with Crippen molar-refractivity contribution in [1.29, 1.82) is 0 Å². The summed E-state index contributed by atoms with van der Waals surface area (Å²) in [7, 11) is 0. The van der Waals surface area contributed by atoms with Gasteiger partial charge in [0.15, 0.2) is 0 Å². The van der Waals surface area contributed by atoms with Crippen LogP contribution in [0.4, 0.5) is 5.69 Å². The van der Waals surface area contributed by atoms with Crippen LogP contribution in [0.25, 0.3) is 0 Å². The van der Waals surface area contributed by atoms with Gasteiger partial charge < -0.3 is 10.2 Å². The van der Waals surface area contributed by atoms with Gasteiger partial charge in [-0.2, -0.15) is 0 Å². The van der Waals surface area contributed by atoms with Crippen LogP contribution in [0, 0.1) is 5.92 Å². The van der Waals surface area contributed by atoms with E-state index in [0.717, 1.165) is 13.1 Å². The molecule has 1 aromatic heterocycles. The van der Waals surface area contributed by atoms with Gasteiger partial charge in [0, 0.05) is 43.3 Å². The molecule has 2 rings (SSSR count). The number of nitrogens with zero attached hydrogens (tertiary/aromatic N) is 2. The predicted molar refractivity (Wildman–Crippen MR) is 81.5 cm³/mol. The second-order valence-electron chi connectivity index (χ2n) is 5.93. The van der Waals surface area contributed by atoms with Crippen LogP contribution in [-0.2, 0) is 6.54 Å². The Morgan fingerprint density at radius 3 is 2.63 bits per heavy atom. The molecular formula is C16H27N3. The van der Waals surface area contributed by atoms with E-state index in [1.807, 2.05) is 12.4 Å². The van der Waals surface area contributed by atoms with E-state index in [1.165, 1.54) is 50.0 Å². The van der Waals surface area contributed by atoms with Gasteiger partial charge in [0.05, 0.1) is 0 Å². The monoisotopic (exact) mass is 261 g/mol. The van der Waals surface area contributed by atoms with Crippen molar-refractivity contribution in [2.24, 2.45) is 5.92 Å². The summed E-state index contributed by atoms with van der Waals surface area (Å²) in [5, 5.41) is 3.53. The molecule has 0 atom stereocenters. The third-order valence-corrected chi connectivity index (χ3v) is 3.69. The van der Waals surface area contributed by atoms with Crippen molar-refractivity contribution in [3.8, 4) is 0 Å². The lowest BCUT2D eigenvalue weighted by Gasteiger charge is -2.25. The molecule has 0 saturated carbocycles. The number of hydrogen-bond donors (Lipinski definition) is 1. The van der Waals surface area contributed by atoms with Crippen LogP contribution in [0.15, 0.2) is 18.5 Å². The van der Waals surface area contributed by atoms with Gasteiger partial charge in [0.2, 0.25) is 0 Å². The summed E-state index contributed by atoms with van der Waals surface area (Å²) in [5.41, 5.74) is 2.72. The van der Waals surface area contributed by atoms with E-state index >= 15 is 0 Å². The first kappa shape index (κ1) is 14.3. The number of anilines is 1. The van der Waals surface area contributed by atoms with E-state index in [9.17, 15) is 0 Å². The van der Waals surface area contributed by atoms with Crippen LogP contribution in [0.5, 0.6) is 0 Å². The SMILES string of the molecule is CC(C)CNCc1cnccc1N1CCCCCC1. The van der Waals surface area contributed by atoms with E-state index in [4.69, 9.17) is 0 Å². The van der Waals surface area contributed by atoms with Gasteiger partial charge in [-0.05, 0) is 31.4 Å². The zero-order valence-corrected chi connectivity index (χ0v) is 12.4. The molecule has 3 heteroatoms. The van der Waals surface area contributed by atoms with E-state index in [2.05, 4.69) is 35.1 Å². The molecule has 0 bridgehead atoms. The molecule has 1 aliphatic heterocycles. The third kappa shape index (κ3) is 4.50. The Kier molecular flexibility index (Phi) is 5.64. The average molecular weight is 261 g/mol. The van der Waals surface area contributed by atoms with Crippen molar-refractivity contribution < 1.29 is 0 Å². The molecule has 1 fully saturated rings. The standard InChI is InChI=1S/C16H27N3/c1-14(2)11-18-13-15-12-17-8-7-16(15)19-9-5-3-4-6-10-19/h7-8,12,14,18H,3-6,9-11,13H2,1-2H3. The highest BCUT2D eigenvalue weighted by atomic mass is 15.1. The Morgan fingerprint density at radius 1 is 1.21 bits per heavy atom. The van der Waals surface area contributed by atoms with Crippen molar-refractivity contribution >= 4 is 5.69 Å². The highest BCUT2D eigenvalue weighted by Gasteiger charge is 2.13. The van der Waals surface area contributed by atoms with Crippen molar-refractivity contribution in [3.63, 3.8) is 0 Å². The Morgan fingerprint density at radius 2 is 1.95 bits per heavy atom. The maximum absolute atomic E-state index is 4.29. The van der Waals surface area contributed by atoms with Gasteiger partial charge in [-0.25, -0.2) is 0 Å².